The minimum atomic E-state index is -0.913. The quantitative estimate of drug-likeness (QED) is 0.820. The highest BCUT2D eigenvalue weighted by Crippen LogP contribution is 2.30. The summed E-state index contributed by atoms with van der Waals surface area (Å²) in [5.74, 6) is -0.591. The standard InChI is InChI=1S/C18H20O5/c1-3-23-17-10-12(7-8-16(17)19)9-15(18(20)21)13-5-4-6-14(11-13)22-2/h4-8,10-11,15,19H,3,9H2,1-2H3,(H,20,21). The summed E-state index contributed by atoms with van der Waals surface area (Å²) in [5, 5.41) is 19.3. The lowest BCUT2D eigenvalue weighted by Crippen LogP contribution is -2.14. The first-order chi connectivity index (χ1) is 11.0. The number of rotatable bonds is 7. The van der Waals surface area contributed by atoms with Crippen LogP contribution in [0.5, 0.6) is 17.2 Å². The van der Waals surface area contributed by atoms with Crippen LogP contribution in [-0.4, -0.2) is 29.9 Å². The molecule has 0 aliphatic heterocycles. The van der Waals surface area contributed by atoms with Crippen molar-refractivity contribution in [3.63, 3.8) is 0 Å². The number of aromatic hydroxyl groups is 1. The summed E-state index contributed by atoms with van der Waals surface area (Å²) in [4.78, 5) is 11.7. The minimum absolute atomic E-state index is 0.0452. The summed E-state index contributed by atoms with van der Waals surface area (Å²) < 4.78 is 10.5. The molecule has 0 aliphatic carbocycles. The second-order valence-electron chi connectivity index (χ2n) is 5.11. The van der Waals surface area contributed by atoms with Crippen LogP contribution in [0.1, 0.15) is 24.0 Å². The van der Waals surface area contributed by atoms with Crippen LogP contribution in [0.4, 0.5) is 0 Å². The summed E-state index contributed by atoms with van der Waals surface area (Å²) in [6.07, 6.45) is 0.294. The van der Waals surface area contributed by atoms with Crippen LogP contribution in [0, 0.1) is 0 Å². The summed E-state index contributed by atoms with van der Waals surface area (Å²) in [5.41, 5.74) is 1.45. The molecular formula is C18H20O5. The first-order valence-corrected chi connectivity index (χ1v) is 7.36. The van der Waals surface area contributed by atoms with Crippen molar-refractivity contribution in [1.29, 1.82) is 0 Å². The van der Waals surface area contributed by atoms with Gasteiger partial charge in [0.25, 0.3) is 0 Å². The molecule has 0 amide bonds. The predicted molar refractivity (Wildman–Crippen MR) is 86.4 cm³/mol. The average Bonchev–Trinajstić information content (AvgIpc) is 2.55. The van der Waals surface area contributed by atoms with E-state index in [1.807, 2.05) is 6.92 Å². The van der Waals surface area contributed by atoms with Crippen LogP contribution in [0.15, 0.2) is 42.5 Å². The van der Waals surface area contributed by atoms with E-state index in [1.54, 1.807) is 43.5 Å². The zero-order chi connectivity index (χ0) is 16.8. The van der Waals surface area contributed by atoms with Crippen molar-refractivity contribution in [2.75, 3.05) is 13.7 Å². The molecule has 122 valence electrons. The van der Waals surface area contributed by atoms with Gasteiger partial charge in [-0.25, -0.2) is 0 Å². The molecule has 0 radical (unpaired) electrons. The van der Waals surface area contributed by atoms with Crippen molar-refractivity contribution in [3.05, 3.63) is 53.6 Å². The van der Waals surface area contributed by atoms with Crippen molar-refractivity contribution in [2.45, 2.75) is 19.3 Å². The Bertz CT molecular complexity index is 681. The normalized spacial score (nSPS) is 11.7. The van der Waals surface area contributed by atoms with E-state index >= 15 is 0 Å². The second-order valence-corrected chi connectivity index (χ2v) is 5.11. The number of carbonyl (C=O) groups is 1. The Morgan fingerprint density at radius 1 is 1.22 bits per heavy atom. The molecule has 0 spiro atoms. The highest BCUT2D eigenvalue weighted by atomic mass is 16.5. The van der Waals surface area contributed by atoms with Gasteiger partial charge in [0, 0.05) is 0 Å². The Morgan fingerprint density at radius 2 is 2.00 bits per heavy atom. The molecule has 0 fully saturated rings. The summed E-state index contributed by atoms with van der Waals surface area (Å²) >= 11 is 0. The number of carboxylic acid groups (broad SMARTS) is 1. The van der Waals surface area contributed by atoms with E-state index in [0.29, 0.717) is 30.1 Å². The molecule has 0 saturated carbocycles. The minimum Gasteiger partial charge on any atom is -0.504 e. The van der Waals surface area contributed by atoms with Gasteiger partial charge >= 0.3 is 5.97 Å². The Labute approximate surface area is 135 Å². The molecule has 2 N–H and O–H groups in total. The topological polar surface area (TPSA) is 76.0 Å². The lowest BCUT2D eigenvalue weighted by atomic mass is 9.92. The molecule has 5 nitrogen and oxygen atoms in total. The average molecular weight is 316 g/mol. The van der Waals surface area contributed by atoms with Crippen molar-refractivity contribution in [3.8, 4) is 17.2 Å². The summed E-state index contributed by atoms with van der Waals surface area (Å²) in [6, 6.07) is 11.9. The Morgan fingerprint density at radius 3 is 2.65 bits per heavy atom. The van der Waals surface area contributed by atoms with Crippen molar-refractivity contribution in [2.24, 2.45) is 0 Å². The van der Waals surface area contributed by atoms with E-state index in [0.717, 1.165) is 5.56 Å². The van der Waals surface area contributed by atoms with Gasteiger partial charge in [0.2, 0.25) is 0 Å². The maximum Gasteiger partial charge on any atom is 0.311 e. The molecule has 0 aromatic heterocycles. The molecule has 2 aromatic rings. The number of methoxy groups -OCH3 is 1. The van der Waals surface area contributed by atoms with Crippen molar-refractivity contribution < 1.29 is 24.5 Å². The number of hydrogen-bond acceptors (Lipinski definition) is 4. The monoisotopic (exact) mass is 316 g/mol. The molecule has 0 saturated heterocycles. The molecule has 2 rings (SSSR count). The number of hydrogen-bond donors (Lipinski definition) is 2. The first-order valence-electron chi connectivity index (χ1n) is 7.36. The fourth-order valence-corrected chi connectivity index (χ4v) is 2.40. The summed E-state index contributed by atoms with van der Waals surface area (Å²) in [7, 11) is 1.54. The highest BCUT2D eigenvalue weighted by molar-refractivity contribution is 5.76. The molecule has 0 heterocycles. The molecule has 0 bridgehead atoms. The summed E-state index contributed by atoms with van der Waals surface area (Å²) in [6.45, 7) is 2.25. The van der Waals surface area contributed by atoms with Gasteiger partial charge in [-0.1, -0.05) is 18.2 Å². The molecule has 2 aromatic carbocycles. The van der Waals surface area contributed by atoms with E-state index < -0.39 is 11.9 Å². The zero-order valence-corrected chi connectivity index (χ0v) is 13.2. The lowest BCUT2D eigenvalue weighted by Gasteiger charge is -2.15. The Hall–Kier alpha value is -2.69. The van der Waals surface area contributed by atoms with Gasteiger partial charge in [0.1, 0.15) is 5.75 Å². The largest absolute Gasteiger partial charge is 0.504 e. The maximum absolute atomic E-state index is 11.7. The van der Waals surface area contributed by atoms with Crippen LogP contribution < -0.4 is 9.47 Å². The lowest BCUT2D eigenvalue weighted by molar-refractivity contribution is -0.138. The third kappa shape index (κ3) is 4.16. The first kappa shape index (κ1) is 16.7. The van der Waals surface area contributed by atoms with Crippen LogP contribution >= 0.6 is 0 Å². The van der Waals surface area contributed by atoms with Gasteiger partial charge in [0.15, 0.2) is 11.5 Å². The van der Waals surface area contributed by atoms with Gasteiger partial charge in [-0.15, -0.1) is 0 Å². The van der Waals surface area contributed by atoms with Crippen LogP contribution in [0.25, 0.3) is 0 Å². The predicted octanol–water partition coefficient (Wildman–Crippen LogP) is 3.21. The molecular weight excluding hydrogens is 296 g/mol. The smallest absolute Gasteiger partial charge is 0.311 e. The molecule has 23 heavy (non-hydrogen) atoms. The number of aliphatic carboxylic acids is 1. The van der Waals surface area contributed by atoms with Crippen LogP contribution in [-0.2, 0) is 11.2 Å². The van der Waals surface area contributed by atoms with Gasteiger partial charge in [-0.2, -0.15) is 0 Å². The molecule has 0 aliphatic rings. The van der Waals surface area contributed by atoms with E-state index in [4.69, 9.17) is 9.47 Å². The number of ether oxygens (including phenoxy) is 2. The Kier molecular flexibility index (Phi) is 5.46. The van der Waals surface area contributed by atoms with Gasteiger partial charge in [-0.05, 0) is 48.7 Å². The fourth-order valence-electron chi connectivity index (χ4n) is 2.40. The zero-order valence-electron chi connectivity index (χ0n) is 13.2. The van der Waals surface area contributed by atoms with Gasteiger partial charge in [-0.3, -0.25) is 4.79 Å². The van der Waals surface area contributed by atoms with Crippen molar-refractivity contribution >= 4 is 5.97 Å². The number of benzene rings is 2. The maximum atomic E-state index is 11.7. The SMILES string of the molecule is CCOc1cc(CC(C(=O)O)c2cccc(OC)c2)ccc1O. The second kappa shape index (κ2) is 7.54. The van der Waals surface area contributed by atoms with Crippen LogP contribution in [0.3, 0.4) is 0 Å². The number of carboxylic acids is 1. The Balaban J connectivity index is 2.29. The third-order valence-electron chi connectivity index (χ3n) is 3.56. The third-order valence-corrected chi connectivity index (χ3v) is 3.56. The number of phenolic OH excluding ortho intramolecular Hbond substituents is 1. The van der Waals surface area contributed by atoms with E-state index in [9.17, 15) is 15.0 Å². The van der Waals surface area contributed by atoms with E-state index in [1.165, 1.54) is 6.07 Å². The molecule has 5 heteroatoms. The number of phenols is 1. The van der Waals surface area contributed by atoms with Crippen molar-refractivity contribution in [1.82, 2.24) is 0 Å². The highest BCUT2D eigenvalue weighted by Gasteiger charge is 2.21. The fraction of sp³-hybridized carbons (Fsp3) is 0.278. The molecule has 1 atom stereocenters. The molecule has 1 unspecified atom stereocenters. The van der Waals surface area contributed by atoms with Gasteiger partial charge < -0.3 is 19.7 Å². The van der Waals surface area contributed by atoms with Crippen LogP contribution in [0.2, 0.25) is 0 Å². The van der Waals surface area contributed by atoms with E-state index in [-0.39, 0.29) is 5.75 Å². The van der Waals surface area contributed by atoms with E-state index in [2.05, 4.69) is 0 Å². The van der Waals surface area contributed by atoms with Gasteiger partial charge in [0.05, 0.1) is 19.6 Å².